The normalized spacial score (nSPS) is 12.7. The molecule has 0 saturated carbocycles. The maximum absolute atomic E-state index is 10.7. The monoisotopic (exact) mass is 174 g/mol. The van der Waals surface area contributed by atoms with E-state index in [9.17, 15) is 8.42 Å². The van der Waals surface area contributed by atoms with Crippen LogP contribution in [0.5, 0.6) is 0 Å². The smallest absolute Gasteiger partial charge is 0.239 e. The zero-order valence-corrected chi connectivity index (χ0v) is 7.06. The van der Waals surface area contributed by atoms with Crippen LogP contribution in [0.2, 0.25) is 0 Å². The third kappa shape index (κ3) is 3.10. The Kier molecular flexibility index (Phi) is 3.16. The third-order valence-electron chi connectivity index (χ3n) is 0.936. The number of allylic oxidation sites excluding steroid dienone is 1. The summed E-state index contributed by atoms with van der Waals surface area (Å²) in [6.45, 7) is 8.06. The number of primary sulfonamides is 1. The summed E-state index contributed by atoms with van der Waals surface area (Å²) in [6.07, 6.45) is 1.07. The van der Waals surface area contributed by atoms with Gasteiger partial charge < -0.3 is 0 Å². The van der Waals surface area contributed by atoms with E-state index < -0.39 is 10.0 Å². The van der Waals surface area contributed by atoms with Gasteiger partial charge >= 0.3 is 0 Å². The van der Waals surface area contributed by atoms with E-state index in [0.29, 0.717) is 5.57 Å². The van der Waals surface area contributed by atoms with E-state index in [1.54, 1.807) is 0 Å². The van der Waals surface area contributed by atoms with E-state index in [1.807, 2.05) is 0 Å². The number of rotatable bonds is 3. The molecule has 0 bridgehead atoms. The van der Waals surface area contributed by atoms with Gasteiger partial charge in [-0.05, 0) is 19.2 Å². The first-order valence-corrected chi connectivity index (χ1v) is 4.29. The van der Waals surface area contributed by atoms with Gasteiger partial charge in [-0.3, -0.25) is 4.99 Å². The lowest BCUT2D eigenvalue weighted by molar-refractivity contribution is 0.604. The van der Waals surface area contributed by atoms with Crippen molar-refractivity contribution in [2.45, 2.75) is 6.92 Å². The molecule has 0 aliphatic rings. The molecule has 0 radical (unpaired) electrons. The molecule has 0 heterocycles. The lowest BCUT2D eigenvalue weighted by Crippen LogP contribution is -2.14. The van der Waals surface area contributed by atoms with Gasteiger partial charge in [0.1, 0.15) is 4.91 Å². The van der Waals surface area contributed by atoms with E-state index in [-0.39, 0.29) is 4.91 Å². The molecule has 0 saturated heterocycles. The molecular formula is C6H10N2O2S. The Bertz CT molecular complexity index is 301. The minimum absolute atomic E-state index is 0.0903. The third-order valence-corrected chi connectivity index (χ3v) is 2.00. The first-order chi connectivity index (χ1) is 4.89. The van der Waals surface area contributed by atoms with Crippen LogP contribution in [0.4, 0.5) is 0 Å². The van der Waals surface area contributed by atoms with Crippen molar-refractivity contribution in [2.75, 3.05) is 0 Å². The van der Waals surface area contributed by atoms with E-state index in [1.165, 1.54) is 6.92 Å². The van der Waals surface area contributed by atoms with Crippen molar-refractivity contribution < 1.29 is 8.42 Å². The molecule has 0 fully saturated rings. The van der Waals surface area contributed by atoms with Gasteiger partial charge in [-0.25, -0.2) is 13.6 Å². The first kappa shape index (κ1) is 10.1. The van der Waals surface area contributed by atoms with Crippen molar-refractivity contribution in [1.29, 1.82) is 0 Å². The van der Waals surface area contributed by atoms with Crippen molar-refractivity contribution in [2.24, 2.45) is 10.1 Å². The van der Waals surface area contributed by atoms with Gasteiger partial charge in [0.2, 0.25) is 10.0 Å². The van der Waals surface area contributed by atoms with Crippen LogP contribution in [0.1, 0.15) is 6.92 Å². The van der Waals surface area contributed by atoms with Crippen LogP contribution in [0.3, 0.4) is 0 Å². The number of nitrogens with two attached hydrogens (primary N) is 1. The van der Waals surface area contributed by atoms with Crippen LogP contribution in [-0.2, 0) is 10.0 Å². The van der Waals surface area contributed by atoms with Crippen LogP contribution in [0, 0.1) is 0 Å². The molecule has 0 atom stereocenters. The van der Waals surface area contributed by atoms with E-state index >= 15 is 0 Å². The second kappa shape index (κ2) is 3.45. The highest BCUT2D eigenvalue weighted by Crippen LogP contribution is 2.11. The molecule has 5 heteroatoms. The summed E-state index contributed by atoms with van der Waals surface area (Å²) >= 11 is 0. The number of aliphatic imine (C=N–C) groups is 1. The highest BCUT2D eigenvalue weighted by atomic mass is 32.2. The van der Waals surface area contributed by atoms with Gasteiger partial charge in [-0.15, -0.1) is 0 Å². The van der Waals surface area contributed by atoms with Crippen molar-refractivity contribution in [3.05, 3.63) is 23.3 Å². The fourth-order valence-electron chi connectivity index (χ4n) is 0.509. The standard InChI is InChI=1S/C6H10N2O2S/c1-5(2)6(4-8-3)11(7,9)10/h4H,1,3H2,2H3,(H2,7,9,10)/b6-4+. The molecular weight excluding hydrogens is 164 g/mol. The Labute approximate surface area is 66.2 Å². The first-order valence-electron chi connectivity index (χ1n) is 2.74. The fraction of sp³-hybridized carbons (Fsp3) is 0.167. The predicted octanol–water partition coefficient (Wildman–Crippen LogP) is 0.393. The molecule has 0 aromatic carbocycles. The molecule has 0 rings (SSSR count). The molecule has 0 unspecified atom stereocenters. The molecule has 4 nitrogen and oxygen atoms in total. The zero-order valence-electron chi connectivity index (χ0n) is 6.24. The van der Waals surface area contributed by atoms with Gasteiger partial charge in [0.25, 0.3) is 0 Å². The Morgan fingerprint density at radius 2 is 2.09 bits per heavy atom. The molecule has 62 valence electrons. The largest absolute Gasteiger partial charge is 0.271 e. The van der Waals surface area contributed by atoms with Gasteiger partial charge in [0.15, 0.2) is 0 Å². The minimum Gasteiger partial charge on any atom is -0.271 e. The Balaban J connectivity index is 5.11. The molecule has 0 aliphatic heterocycles. The van der Waals surface area contributed by atoms with E-state index in [4.69, 9.17) is 5.14 Å². The molecule has 0 aliphatic carbocycles. The summed E-state index contributed by atoms with van der Waals surface area (Å²) in [7, 11) is -3.70. The number of hydrogen-bond donors (Lipinski definition) is 1. The van der Waals surface area contributed by atoms with Crippen LogP contribution in [-0.4, -0.2) is 15.1 Å². The molecule has 11 heavy (non-hydrogen) atoms. The van der Waals surface area contributed by atoms with E-state index in [0.717, 1.165) is 6.20 Å². The maximum Gasteiger partial charge on any atom is 0.239 e. The number of nitrogens with zero attached hydrogens (tertiary/aromatic N) is 1. The average Bonchev–Trinajstić information content (AvgIpc) is 1.79. The summed E-state index contributed by atoms with van der Waals surface area (Å²) in [5.41, 5.74) is 0.347. The molecule has 0 spiro atoms. The topological polar surface area (TPSA) is 72.5 Å². The van der Waals surface area contributed by atoms with Crippen molar-refractivity contribution in [3.8, 4) is 0 Å². The molecule has 0 aromatic heterocycles. The minimum atomic E-state index is -3.70. The van der Waals surface area contributed by atoms with Crippen LogP contribution in [0.25, 0.3) is 0 Å². The van der Waals surface area contributed by atoms with Gasteiger partial charge in [0, 0.05) is 6.20 Å². The summed E-state index contributed by atoms with van der Waals surface area (Å²) in [5.74, 6) is 0. The molecule has 0 amide bonds. The van der Waals surface area contributed by atoms with Crippen LogP contribution < -0.4 is 5.14 Å². The number of hydrogen-bond acceptors (Lipinski definition) is 3. The van der Waals surface area contributed by atoms with Gasteiger partial charge in [-0.1, -0.05) is 6.58 Å². The predicted molar refractivity (Wildman–Crippen MR) is 45.6 cm³/mol. The van der Waals surface area contributed by atoms with Gasteiger partial charge in [0.05, 0.1) is 0 Å². The summed E-state index contributed by atoms with van der Waals surface area (Å²) in [5, 5.41) is 4.82. The number of sulfonamides is 1. The van der Waals surface area contributed by atoms with Crippen molar-refractivity contribution in [1.82, 2.24) is 0 Å². The highest BCUT2D eigenvalue weighted by molar-refractivity contribution is 7.93. The Hall–Kier alpha value is -0.940. The summed E-state index contributed by atoms with van der Waals surface area (Å²) < 4.78 is 21.4. The summed E-state index contributed by atoms with van der Waals surface area (Å²) in [4.78, 5) is 3.20. The van der Waals surface area contributed by atoms with Crippen molar-refractivity contribution in [3.63, 3.8) is 0 Å². The molecule has 2 N–H and O–H groups in total. The second-order valence-corrected chi connectivity index (χ2v) is 3.53. The fourth-order valence-corrected chi connectivity index (χ4v) is 1.22. The molecule has 0 aromatic rings. The summed E-state index contributed by atoms with van der Waals surface area (Å²) in [6, 6.07) is 0. The second-order valence-electron chi connectivity index (χ2n) is 2.00. The lowest BCUT2D eigenvalue weighted by atomic mass is 10.3. The quantitative estimate of drug-likeness (QED) is 0.496. The van der Waals surface area contributed by atoms with Gasteiger partial charge in [-0.2, -0.15) is 0 Å². The zero-order chi connectivity index (χ0) is 9.07. The Morgan fingerprint density at radius 3 is 2.18 bits per heavy atom. The van der Waals surface area contributed by atoms with Crippen molar-refractivity contribution >= 4 is 16.7 Å². The SMILES string of the molecule is C=N/C=C(\C(=C)C)S(N)(=O)=O. The van der Waals surface area contributed by atoms with Crippen LogP contribution in [0.15, 0.2) is 28.2 Å². The Morgan fingerprint density at radius 1 is 1.64 bits per heavy atom. The van der Waals surface area contributed by atoms with E-state index in [2.05, 4.69) is 18.3 Å². The van der Waals surface area contributed by atoms with Crippen LogP contribution >= 0.6 is 0 Å². The lowest BCUT2D eigenvalue weighted by Gasteiger charge is -2.00. The maximum atomic E-state index is 10.7. The average molecular weight is 174 g/mol. The highest BCUT2D eigenvalue weighted by Gasteiger charge is 2.11.